The Kier molecular flexibility index (Phi) is 2.63. The molecule has 3 heteroatoms. The van der Waals surface area contributed by atoms with Gasteiger partial charge >= 0.3 is 0 Å². The summed E-state index contributed by atoms with van der Waals surface area (Å²) in [4.78, 5) is 0. The van der Waals surface area contributed by atoms with E-state index in [1.165, 1.54) is 36.4 Å². The number of hydrogen-bond donors (Lipinski definition) is 0. The molecule has 2 rings (SSSR count). The molecule has 1 nitrogen and oxygen atoms in total. The van der Waals surface area contributed by atoms with Gasteiger partial charge in [0.15, 0.2) is 0 Å². The van der Waals surface area contributed by atoms with Gasteiger partial charge in [0.05, 0.1) is 0 Å². The van der Waals surface area contributed by atoms with Crippen molar-refractivity contribution < 1.29 is 13.5 Å². The predicted molar refractivity (Wildman–Crippen MR) is 52.9 cm³/mol. The van der Waals surface area contributed by atoms with E-state index in [1.54, 1.807) is 12.1 Å². The van der Waals surface area contributed by atoms with Crippen molar-refractivity contribution in [2.45, 2.75) is 0 Å². The Morgan fingerprint density at radius 1 is 0.733 bits per heavy atom. The quantitative estimate of drug-likeness (QED) is 0.726. The Morgan fingerprint density at radius 2 is 1.20 bits per heavy atom. The number of benzene rings is 2. The van der Waals surface area contributed by atoms with E-state index in [-0.39, 0.29) is 11.6 Å². The summed E-state index contributed by atoms with van der Waals surface area (Å²) < 4.78 is 30.9. The average molecular weight is 206 g/mol. The third-order valence-electron chi connectivity index (χ3n) is 1.83. The number of ether oxygens (including phenoxy) is 1. The summed E-state index contributed by atoms with van der Waals surface area (Å²) in [6, 6.07) is 11.4. The van der Waals surface area contributed by atoms with E-state index in [9.17, 15) is 8.78 Å². The van der Waals surface area contributed by atoms with Crippen molar-refractivity contribution in [2.24, 2.45) is 0 Å². The first kappa shape index (κ1) is 9.65. The van der Waals surface area contributed by atoms with Crippen LogP contribution in [0, 0.1) is 11.6 Å². The van der Waals surface area contributed by atoms with Crippen LogP contribution < -0.4 is 4.74 Å². The number of rotatable bonds is 2. The molecule has 76 valence electrons. The molecular weight excluding hydrogens is 198 g/mol. The van der Waals surface area contributed by atoms with E-state index in [4.69, 9.17) is 4.74 Å². The Morgan fingerprint density at radius 3 is 1.60 bits per heavy atom. The smallest absolute Gasteiger partial charge is 0.130 e. The SMILES string of the molecule is Fc1cccc(Oc2cccc(F)c2)c1. The lowest BCUT2D eigenvalue weighted by atomic mass is 10.3. The normalized spacial score (nSPS) is 10.0. The summed E-state index contributed by atoms with van der Waals surface area (Å²) in [5, 5.41) is 0. The highest BCUT2D eigenvalue weighted by Gasteiger charge is 1.99. The van der Waals surface area contributed by atoms with Crippen LogP contribution in [-0.2, 0) is 0 Å². The second kappa shape index (κ2) is 4.09. The molecule has 0 aromatic heterocycles. The molecule has 15 heavy (non-hydrogen) atoms. The van der Waals surface area contributed by atoms with Gasteiger partial charge in [0.2, 0.25) is 0 Å². The van der Waals surface area contributed by atoms with E-state index in [2.05, 4.69) is 0 Å². The van der Waals surface area contributed by atoms with Gasteiger partial charge in [0.25, 0.3) is 0 Å². The zero-order chi connectivity index (χ0) is 10.7. The minimum absolute atomic E-state index is 0.348. The Bertz CT molecular complexity index is 425. The Hall–Kier alpha value is -1.90. The maximum Gasteiger partial charge on any atom is 0.130 e. The predicted octanol–water partition coefficient (Wildman–Crippen LogP) is 3.76. The van der Waals surface area contributed by atoms with Crippen LogP contribution >= 0.6 is 0 Å². The fourth-order valence-electron chi connectivity index (χ4n) is 1.20. The topological polar surface area (TPSA) is 9.23 Å². The largest absolute Gasteiger partial charge is 0.457 e. The van der Waals surface area contributed by atoms with E-state index in [0.717, 1.165) is 0 Å². The first-order valence-electron chi connectivity index (χ1n) is 4.43. The van der Waals surface area contributed by atoms with Gasteiger partial charge in [-0.3, -0.25) is 0 Å². The van der Waals surface area contributed by atoms with Crippen LogP contribution in [0.4, 0.5) is 8.78 Å². The molecule has 0 spiro atoms. The molecule has 0 atom stereocenters. The highest BCUT2D eigenvalue weighted by molar-refractivity contribution is 5.31. The molecule has 0 unspecified atom stereocenters. The maximum atomic E-state index is 12.8. The molecule has 0 aliphatic carbocycles. The van der Waals surface area contributed by atoms with Gasteiger partial charge in [-0.05, 0) is 24.3 Å². The third-order valence-corrected chi connectivity index (χ3v) is 1.83. The second-order valence-corrected chi connectivity index (χ2v) is 3.02. The van der Waals surface area contributed by atoms with E-state index < -0.39 is 0 Å². The highest BCUT2D eigenvalue weighted by Crippen LogP contribution is 2.22. The van der Waals surface area contributed by atoms with Crippen molar-refractivity contribution in [2.75, 3.05) is 0 Å². The lowest BCUT2D eigenvalue weighted by molar-refractivity contribution is 0.471. The van der Waals surface area contributed by atoms with Crippen molar-refractivity contribution >= 4 is 0 Å². The fraction of sp³-hybridized carbons (Fsp3) is 0. The van der Waals surface area contributed by atoms with Crippen LogP contribution in [0.25, 0.3) is 0 Å². The zero-order valence-corrected chi connectivity index (χ0v) is 7.78. The second-order valence-electron chi connectivity index (χ2n) is 3.02. The summed E-state index contributed by atoms with van der Waals surface area (Å²) in [5.74, 6) is -0.0750. The molecule has 0 saturated heterocycles. The molecule has 0 saturated carbocycles. The summed E-state index contributed by atoms with van der Waals surface area (Å²) >= 11 is 0. The van der Waals surface area contributed by atoms with Crippen LogP contribution in [0.15, 0.2) is 48.5 Å². The van der Waals surface area contributed by atoms with Crippen LogP contribution in [0.1, 0.15) is 0 Å². The van der Waals surface area contributed by atoms with Crippen molar-refractivity contribution in [3.05, 3.63) is 60.2 Å². The van der Waals surface area contributed by atoms with Crippen molar-refractivity contribution in [3.63, 3.8) is 0 Å². The van der Waals surface area contributed by atoms with Gasteiger partial charge < -0.3 is 4.74 Å². The molecule has 0 bridgehead atoms. The zero-order valence-electron chi connectivity index (χ0n) is 7.78. The van der Waals surface area contributed by atoms with Gasteiger partial charge in [-0.2, -0.15) is 0 Å². The standard InChI is InChI=1S/C12H8F2O/c13-9-3-1-5-11(7-9)15-12-6-2-4-10(14)8-12/h1-8H. The minimum Gasteiger partial charge on any atom is -0.457 e. The maximum absolute atomic E-state index is 12.8. The van der Waals surface area contributed by atoms with Crippen LogP contribution in [0.5, 0.6) is 11.5 Å². The van der Waals surface area contributed by atoms with Crippen molar-refractivity contribution in [1.82, 2.24) is 0 Å². The lowest BCUT2D eigenvalue weighted by Crippen LogP contribution is -1.85. The van der Waals surface area contributed by atoms with Crippen LogP contribution in [0.2, 0.25) is 0 Å². The highest BCUT2D eigenvalue weighted by atomic mass is 19.1. The average Bonchev–Trinajstić information content (AvgIpc) is 2.17. The molecule has 0 aliphatic rings. The molecule has 0 N–H and O–H groups in total. The molecule has 2 aromatic rings. The first-order chi connectivity index (χ1) is 7.24. The van der Waals surface area contributed by atoms with Gasteiger partial charge in [-0.25, -0.2) is 8.78 Å². The monoisotopic (exact) mass is 206 g/mol. The molecule has 0 aliphatic heterocycles. The lowest BCUT2D eigenvalue weighted by Gasteiger charge is -2.04. The third kappa shape index (κ3) is 2.53. The molecule has 0 fully saturated rings. The Labute approximate surface area is 85.9 Å². The van der Waals surface area contributed by atoms with Crippen molar-refractivity contribution in [1.29, 1.82) is 0 Å². The molecule has 0 heterocycles. The van der Waals surface area contributed by atoms with Crippen LogP contribution in [-0.4, -0.2) is 0 Å². The minimum atomic E-state index is -0.385. The van der Waals surface area contributed by atoms with Gasteiger partial charge in [0.1, 0.15) is 23.1 Å². The molecule has 0 amide bonds. The summed E-state index contributed by atoms with van der Waals surface area (Å²) in [6.45, 7) is 0. The van der Waals surface area contributed by atoms with Gasteiger partial charge in [-0.15, -0.1) is 0 Å². The van der Waals surface area contributed by atoms with Crippen molar-refractivity contribution in [3.8, 4) is 11.5 Å². The van der Waals surface area contributed by atoms with E-state index >= 15 is 0 Å². The number of hydrogen-bond acceptors (Lipinski definition) is 1. The summed E-state index contributed by atoms with van der Waals surface area (Å²) in [6.07, 6.45) is 0. The number of halogens is 2. The molecular formula is C12H8F2O. The van der Waals surface area contributed by atoms with E-state index in [0.29, 0.717) is 11.5 Å². The van der Waals surface area contributed by atoms with Crippen LogP contribution in [0.3, 0.4) is 0 Å². The molecule has 2 aromatic carbocycles. The van der Waals surface area contributed by atoms with Gasteiger partial charge in [0, 0.05) is 12.1 Å². The van der Waals surface area contributed by atoms with E-state index in [1.807, 2.05) is 0 Å². The fourth-order valence-corrected chi connectivity index (χ4v) is 1.20. The molecule has 0 radical (unpaired) electrons. The summed E-state index contributed by atoms with van der Waals surface area (Å²) in [5.41, 5.74) is 0. The Balaban J connectivity index is 2.22. The summed E-state index contributed by atoms with van der Waals surface area (Å²) in [7, 11) is 0. The first-order valence-corrected chi connectivity index (χ1v) is 4.43. The van der Waals surface area contributed by atoms with Gasteiger partial charge in [-0.1, -0.05) is 12.1 Å².